The van der Waals surface area contributed by atoms with Gasteiger partial charge < -0.3 is 15.8 Å². The summed E-state index contributed by atoms with van der Waals surface area (Å²) in [5, 5.41) is 2.70. The Bertz CT molecular complexity index is 426. The number of benzene rings is 1. The smallest absolute Gasteiger partial charge is 0.234 e. The van der Waals surface area contributed by atoms with Crippen molar-refractivity contribution in [2.75, 3.05) is 39.6 Å². The fourth-order valence-electron chi connectivity index (χ4n) is 1.66. The molecular formula is C13H20FN3O2. The van der Waals surface area contributed by atoms with Gasteiger partial charge in [-0.3, -0.25) is 9.69 Å². The van der Waals surface area contributed by atoms with Gasteiger partial charge in [0.2, 0.25) is 5.91 Å². The zero-order chi connectivity index (χ0) is 14.3. The van der Waals surface area contributed by atoms with E-state index in [4.69, 9.17) is 10.5 Å². The minimum absolute atomic E-state index is 0.121. The van der Waals surface area contributed by atoms with Crippen LogP contribution < -0.4 is 11.1 Å². The highest BCUT2D eigenvalue weighted by Crippen LogP contribution is 2.15. The van der Waals surface area contributed by atoms with E-state index < -0.39 is 5.82 Å². The fraction of sp³-hybridized carbons (Fsp3) is 0.462. The Morgan fingerprint density at radius 1 is 1.53 bits per heavy atom. The molecule has 5 nitrogen and oxygen atoms in total. The Morgan fingerprint density at radius 2 is 2.26 bits per heavy atom. The molecule has 0 spiro atoms. The number of nitrogens with zero attached hydrogens (tertiary/aromatic N) is 1. The van der Waals surface area contributed by atoms with Gasteiger partial charge in [-0.15, -0.1) is 0 Å². The third kappa shape index (κ3) is 5.23. The molecular weight excluding hydrogens is 249 g/mol. The first-order valence-corrected chi connectivity index (χ1v) is 6.01. The Hall–Kier alpha value is -1.66. The average molecular weight is 269 g/mol. The molecule has 0 heterocycles. The van der Waals surface area contributed by atoms with Crippen LogP contribution in [-0.2, 0) is 16.1 Å². The monoisotopic (exact) mass is 269 g/mol. The lowest BCUT2D eigenvalue weighted by molar-refractivity contribution is -0.122. The Balaban J connectivity index is 2.44. The van der Waals surface area contributed by atoms with Gasteiger partial charge >= 0.3 is 0 Å². The number of amides is 1. The number of carbonyl (C=O) groups is 1. The normalized spacial score (nSPS) is 10.7. The van der Waals surface area contributed by atoms with Crippen LogP contribution in [0.1, 0.15) is 5.56 Å². The topological polar surface area (TPSA) is 67.6 Å². The van der Waals surface area contributed by atoms with Crippen LogP contribution >= 0.6 is 0 Å². The molecule has 0 radical (unpaired) electrons. The minimum Gasteiger partial charge on any atom is -0.396 e. The molecule has 3 N–H and O–H groups in total. The molecule has 0 aromatic heterocycles. The average Bonchev–Trinajstić information content (AvgIpc) is 2.35. The first-order chi connectivity index (χ1) is 9.04. The molecule has 19 heavy (non-hydrogen) atoms. The second-order valence-corrected chi connectivity index (χ2v) is 4.34. The van der Waals surface area contributed by atoms with Crippen LogP contribution in [0, 0.1) is 5.82 Å². The van der Waals surface area contributed by atoms with Gasteiger partial charge in [-0.2, -0.15) is 0 Å². The maximum absolute atomic E-state index is 13.7. The third-order valence-corrected chi connectivity index (χ3v) is 2.59. The number of nitrogens with one attached hydrogen (secondary N) is 1. The first kappa shape index (κ1) is 15.4. The number of methoxy groups -OCH3 is 1. The van der Waals surface area contributed by atoms with Crippen molar-refractivity contribution in [3.8, 4) is 0 Å². The Kier molecular flexibility index (Phi) is 6.24. The van der Waals surface area contributed by atoms with E-state index in [1.54, 1.807) is 31.2 Å². The van der Waals surface area contributed by atoms with E-state index in [1.165, 1.54) is 6.07 Å². The largest absolute Gasteiger partial charge is 0.396 e. The molecule has 1 aromatic carbocycles. The number of hydrogen-bond acceptors (Lipinski definition) is 4. The number of hydrogen-bond donors (Lipinski definition) is 2. The van der Waals surface area contributed by atoms with Gasteiger partial charge in [-0.25, -0.2) is 4.39 Å². The molecule has 0 aliphatic rings. The lowest BCUT2D eigenvalue weighted by Crippen LogP contribution is -2.36. The van der Waals surface area contributed by atoms with E-state index in [2.05, 4.69) is 5.32 Å². The molecule has 0 saturated heterocycles. The number of ether oxygens (including phenoxy) is 1. The van der Waals surface area contributed by atoms with E-state index >= 15 is 0 Å². The highest BCUT2D eigenvalue weighted by atomic mass is 19.1. The summed E-state index contributed by atoms with van der Waals surface area (Å²) in [7, 11) is 3.32. The van der Waals surface area contributed by atoms with Crippen LogP contribution in [0.3, 0.4) is 0 Å². The fourth-order valence-corrected chi connectivity index (χ4v) is 1.66. The van der Waals surface area contributed by atoms with Crippen molar-refractivity contribution in [2.24, 2.45) is 0 Å². The molecule has 0 aliphatic heterocycles. The molecule has 106 valence electrons. The highest BCUT2D eigenvalue weighted by Gasteiger charge is 2.10. The maximum atomic E-state index is 13.7. The van der Waals surface area contributed by atoms with E-state index in [-0.39, 0.29) is 18.1 Å². The van der Waals surface area contributed by atoms with Crippen LogP contribution in [0.2, 0.25) is 0 Å². The van der Waals surface area contributed by atoms with Crippen molar-refractivity contribution in [2.45, 2.75) is 6.54 Å². The zero-order valence-corrected chi connectivity index (χ0v) is 11.3. The summed E-state index contributed by atoms with van der Waals surface area (Å²) in [5.41, 5.74) is 6.09. The van der Waals surface area contributed by atoms with Crippen LogP contribution in [0.25, 0.3) is 0 Å². The minimum atomic E-state index is -0.422. The zero-order valence-electron chi connectivity index (χ0n) is 11.3. The van der Waals surface area contributed by atoms with Crippen molar-refractivity contribution in [3.05, 3.63) is 29.6 Å². The van der Waals surface area contributed by atoms with E-state index in [0.29, 0.717) is 25.3 Å². The summed E-state index contributed by atoms with van der Waals surface area (Å²) in [6.07, 6.45) is 0. The van der Waals surface area contributed by atoms with Crippen molar-refractivity contribution in [3.63, 3.8) is 0 Å². The van der Waals surface area contributed by atoms with E-state index in [1.807, 2.05) is 0 Å². The Morgan fingerprint density at radius 3 is 2.95 bits per heavy atom. The number of halogens is 1. The quantitative estimate of drug-likeness (QED) is 0.562. The van der Waals surface area contributed by atoms with Gasteiger partial charge in [0.15, 0.2) is 5.82 Å². The highest BCUT2D eigenvalue weighted by molar-refractivity contribution is 5.77. The maximum Gasteiger partial charge on any atom is 0.234 e. The van der Waals surface area contributed by atoms with Gasteiger partial charge in [-0.1, -0.05) is 12.1 Å². The third-order valence-electron chi connectivity index (χ3n) is 2.59. The molecule has 0 aliphatic carbocycles. The second-order valence-electron chi connectivity index (χ2n) is 4.34. The summed E-state index contributed by atoms with van der Waals surface area (Å²) in [5.74, 6) is -0.544. The van der Waals surface area contributed by atoms with E-state index in [9.17, 15) is 9.18 Å². The number of rotatable bonds is 7. The van der Waals surface area contributed by atoms with Gasteiger partial charge in [0.05, 0.1) is 18.8 Å². The number of carbonyl (C=O) groups excluding carboxylic acids is 1. The Labute approximate surface area is 112 Å². The van der Waals surface area contributed by atoms with Crippen LogP contribution in [0.5, 0.6) is 0 Å². The lowest BCUT2D eigenvalue weighted by Gasteiger charge is -2.17. The lowest BCUT2D eigenvalue weighted by atomic mass is 10.2. The molecule has 1 rings (SSSR count). The van der Waals surface area contributed by atoms with Crippen LogP contribution in [0.15, 0.2) is 18.2 Å². The first-order valence-electron chi connectivity index (χ1n) is 6.01. The summed E-state index contributed by atoms with van der Waals surface area (Å²) in [4.78, 5) is 13.3. The SMILES string of the molecule is COCCNC(=O)CN(C)Cc1cccc(N)c1F. The second kappa shape index (κ2) is 7.70. The summed E-state index contributed by atoms with van der Waals surface area (Å²) in [6.45, 7) is 1.46. The predicted octanol–water partition coefficient (Wildman–Crippen LogP) is 0.602. The van der Waals surface area contributed by atoms with E-state index in [0.717, 1.165) is 0 Å². The van der Waals surface area contributed by atoms with Gasteiger partial charge in [0, 0.05) is 25.8 Å². The standard InChI is InChI=1S/C13H20FN3O2/c1-17(9-12(18)16-6-7-19-2)8-10-4-3-5-11(15)13(10)14/h3-5H,6-9,15H2,1-2H3,(H,16,18). The summed E-state index contributed by atoms with van der Waals surface area (Å²) in [6, 6.07) is 4.86. The van der Waals surface area contributed by atoms with Crippen LogP contribution in [0.4, 0.5) is 10.1 Å². The molecule has 0 bridgehead atoms. The molecule has 1 amide bonds. The van der Waals surface area contributed by atoms with Crippen molar-refractivity contribution >= 4 is 11.6 Å². The number of nitrogen functional groups attached to an aromatic ring is 1. The van der Waals surface area contributed by atoms with Gasteiger partial charge in [0.1, 0.15) is 0 Å². The molecule has 0 atom stereocenters. The molecule has 6 heteroatoms. The van der Waals surface area contributed by atoms with Crippen molar-refractivity contribution in [1.29, 1.82) is 0 Å². The molecule has 0 fully saturated rings. The van der Waals surface area contributed by atoms with Gasteiger partial charge in [-0.05, 0) is 13.1 Å². The number of nitrogens with two attached hydrogens (primary N) is 1. The summed E-state index contributed by atoms with van der Waals surface area (Å²) >= 11 is 0. The molecule has 0 unspecified atom stereocenters. The molecule has 0 saturated carbocycles. The summed E-state index contributed by atoms with van der Waals surface area (Å²) < 4.78 is 18.5. The van der Waals surface area contributed by atoms with Crippen LogP contribution in [-0.4, -0.2) is 44.7 Å². The number of anilines is 1. The molecule has 1 aromatic rings. The van der Waals surface area contributed by atoms with Crippen molar-refractivity contribution in [1.82, 2.24) is 10.2 Å². The van der Waals surface area contributed by atoms with Crippen molar-refractivity contribution < 1.29 is 13.9 Å². The van der Waals surface area contributed by atoms with Gasteiger partial charge in [0.25, 0.3) is 0 Å². The number of likely N-dealkylation sites (N-methyl/N-ethyl adjacent to an activating group) is 1. The predicted molar refractivity (Wildman–Crippen MR) is 72.0 cm³/mol.